The van der Waals surface area contributed by atoms with Crippen molar-refractivity contribution in [2.24, 2.45) is 0 Å². The zero-order chi connectivity index (χ0) is 25.0. The summed E-state index contributed by atoms with van der Waals surface area (Å²) in [6.07, 6.45) is 6.75. The van der Waals surface area contributed by atoms with Crippen LogP contribution in [0.4, 0.5) is 23.1 Å². The number of aromatic nitrogens is 4. The molecule has 5 heterocycles. The van der Waals surface area contributed by atoms with Crippen molar-refractivity contribution in [1.29, 1.82) is 0 Å². The number of nitrogens with one attached hydrogen (secondary N) is 3. The number of nitrogens with zero attached hydrogens (tertiary/aromatic N) is 5. The summed E-state index contributed by atoms with van der Waals surface area (Å²) in [4.78, 5) is 20.2. The maximum Gasteiger partial charge on any atom is 0.231 e. The van der Waals surface area contributed by atoms with Crippen LogP contribution in [0.2, 0.25) is 0 Å². The fourth-order valence-electron chi connectivity index (χ4n) is 4.28. The van der Waals surface area contributed by atoms with E-state index in [1.165, 1.54) is 0 Å². The van der Waals surface area contributed by atoms with Crippen molar-refractivity contribution < 1.29 is 9.47 Å². The first kappa shape index (κ1) is 22.7. The van der Waals surface area contributed by atoms with Gasteiger partial charge in [-0.3, -0.25) is 4.98 Å². The number of pyridine rings is 2. The number of rotatable bonds is 7. The van der Waals surface area contributed by atoms with E-state index < -0.39 is 0 Å². The van der Waals surface area contributed by atoms with E-state index in [2.05, 4.69) is 48.4 Å². The Kier molecular flexibility index (Phi) is 6.22. The number of anilines is 4. The van der Waals surface area contributed by atoms with Crippen molar-refractivity contribution in [2.45, 2.75) is 0 Å². The van der Waals surface area contributed by atoms with Crippen molar-refractivity contribution in [3.63, 3.8) is 0 Å². The Morgan fingerprint density at radius 2 is 1.81 bits per heavy atom. The van der Waals surface area contributed by atoms with E-state index in [1.807, 2.05) is 42.6 Å². The Labute approximate surface area is 214 Å². The van der Waals surface area contributed by atoms with Gasteiger partial charge in [-0.2, -0.15) is 0 Å². The van der Waals surface area contributed by atoms with Crippen molar-refractivity contribution in [2.75, 3.05) is 48.5 Å². The smallest absolute Gasteiger partial charge is 0.231 e. The lowest BCUT2D eigenvalue weighted by Crippen LogP contribution is -2.43. The summed E-state index contributed by atoms with van der Waals surface area (Å²) in [6.45, 7) is 8.19. The first-order chi connectivity index (χ1) is 18.2. The zero-order valence-corrected chi connectivity index (χ0v) is 20.1. The molecule has 0 spiro atoms. The van der Waals surface area contributed by atoms with Gasteiger partial charge in [0, 0.05) is 73.3 Å². The van der Waals surface area contributed by atoms with Gasteiger partial charge in [-0.05, 0) is 36.4 Å². The van der Waals surface area contributed by atoms with Crippen molar-refractivity contribution in [1.82, 2.24) is 25.3 Å². The van der Waals surface area contributed by atoms with E-state index >= 15 is 0 Å². The summed E-state index contributed by atoms with van der Waals surface area (Å²) >= 11 is 0. The van der Waals surface area contributed by atoms with Gasteiger partial charge in [0.05, 0.1) is 11.9 Å². The van der Waals surface area contributed by atoms with E-state index in [-0.39, 0.29) is 6.79 Å². The third-order valence-electron chi connectivity index (χ3n) is 6.14. The standard InChI is InChI=1S/C27H26N8O2/c1-18(19-2-3-23-24(12-19)37-17-36-23)32-21-14-22(33-25(15-21)34-26-16-29-6-7-30-26)20-4-5-31-27(13-20)35-10-8-28-9-11-35/h2-7,12-16,28H,1,8-11,17H2,(H2,30,32,33,34). The third kappa shape index (κ3) is 5.14. The first-order valence-corrected chi connectivity index (χ1v) is 12.0. The van der Waals surface area contributed by atoms with Gasteiger partial charge in [0.15, 0.2) is 11.5 Å². The van der Waals surface area contributed by atoms with Crippen LogP contribution < -0.4 is 30.3 Å². The van der Waals surface area contributed by atoms with Gasteiger partial charge < -0.3 is 30.3 Å². The first-order valence-electron chi connectivity index (χ1n) is 12.0. The number of ether oxygens (including phenoxy) is 2. The maximum absolute atomic E-state index is 5.53. The lowest BCUT2D eigenvalue weighted by Gasteiger charge is -2.28. The molecule has 2 aliphatic heterocycles. The van der Waals surface area contributed by atoms with Crippen LogP contribution in [0.15, 0.2) is 73.8 Å². The SMILES string of the molecule is C=C(Nc1cc(Nc2cnccn2)nc(-c2ccnc(N3CCNCC3)c2)c1)c1ccc2c(c1)OCO2. The molecule has 10 heteroatoms. The Bertz CT molecular complexity index is 1420. The molecule has 10 nitrogen and oxygen atoms in total. The lowest BCUT2D eigenvalue weighted by atomic mass is 10.1. The fraction of sp³-hybridized carbons (Fsp3) is 0.185. The average Bonchev–Trinajstić information content (AvgIpc) is 3.42. The third-order valence-corrected chi connectivity index (χ3v) is 6.14. The lowest BCUT2D eigenvalue weighted by molar-refractivity contribution is 0.174. The predicted octanol–water partition coefficient (Wildman–Crippen LogP) is 3.90. The van der Waals surface area contributed by atoms with Gasteiger partial charge in [0.1, 0.15) is 17.5 Å². The molecule has 1 saturated heterocycles. The van der Waals surface area contributed by atoms with Gasteiger partial charge in [0.25, 0.3) is 0 Å². The normalized spacial score (nSPS) is 14.3. The molecule has 0 atom stereocenters. The molecule has 0 aliphatic carbocycles. The summed E-state index contributed by atoms with van der Waals surface area (Å²) in [6, 6.07) is 13.7. The predicted molar refractivity (Wildman–Crippen MR) is 143 cm³/mol. The molecule has 1 fully saturated rings. The van der Waals surface area contributed by atoms with Crippen molar-refractivity contribution >= 4 is 28.8 Å². The Balaban J connectivity index is 1.32. The van der Waals surface area contributed by atoms with E-state index in [9.17, 15) is 0 Å². The van der Waals surface area contributed by atoms with Gasteiger partial charge in [-0.25, -0.2) is 15.0 Å². The highest BCUT2D eigenvalue weighted by molar-refractivity contribution is 5.80. The number of hydrogen-bond acceptors (Lipinski definition) is 10. The molecule has 3 N–H and O–H groups in total. The van der Waals surface area contributed by atoms with E-state index in [0.717, 1.165) is 66.0 Å². The minimum absolute atomic E-state index is 0.228. The van der Waals surface area contributed by atoms with Crippen LogP contribution in [0.25, 0.3) is 17.0 Å². The van der Waals surface area contributed by atoms with Gasteiger partial charge in [-0.15, -0.1) is 0 Å². The second-order valence-electron chi connectivity index (χ2n) is 8.65. The summed E-state index contributed by atoms with van der Waals surface area (Å²) in [5.74, 6) is 3.60. The van der Waals surface area contributed by atoms with Crippen LogP contribution in [0.5, 0.6) is 11.5 Å². The molecule has 0 radical (unpaired) electrons. The second-order valence-corrected chi connectivity index (χ2v) is 8.65. The molecule has 3 aromatic heterocycles. The van der Waals surface area contributed by atoms with Gasteiger partial charge >= 0.3 is 0 Å². The van der Waals surface area contributed by atoms with Gasteiger partial charge in [-0.1, -0.05) is 6.58 Å². The van der Waals surface area contributed by atoms with E-state index in [1.54, 1.807) is 18.6 Å². The monoisotopic (exact) mass is 494 g/mol. The summed E-state index contributed by atoms with van der Waals surface area (Å²) in [5.41, 5.74) is 4.18. The molecule has 186 valence electrons. The van der Waals surface area contributed by atoms with Gasteiger partial charge in [0.2, 0.25) is 6.79 Å². The van der Waals surface area contributed by atoms with Crippen molar-refractivity contribution in [3.05, 3.63) is 79.4 Å². The van der Waals surface area contributed by atoms with Crippen LogP contribution in [-0.4, -0.2) is 52.9 Å². The Hall–Kier alpha value is -4.70. The summed E-state index contributed by atoms with van der Waals surface area (Å²) < 4.78 is 11.0. The van der Waals surface area contributed by atoms with E-state index in [4.69, 9.17) is 14.5 Å². The molecule has 6 rings (SSSR count). The maximum atomic E-state index is 5.53. The fourth-order valence-corrected chi connectivity index (χ4v) is 4.28. The van der Waals surface area contributed by atoms with Crippen LogP contribution in [-0.2, 0) is 0 Å². The van der Waals surface area contributed by atoms with Crippen molar-refractivity contribution in [3.8, 4) is 22.8 Å². The summed E-state index contributed by atoms with van der Waals surface area (Å²) in [5, 5.41) is 10.1. The molecule has 1 aromatic carbocycles. The molecule has 0 amide bonds. The largest absolute Gasteiger partial charge is 0.454 e. The highest BCUT2D eigenvalue weighted by atomic mass is 16.7. The Morgan fingerprint density at radius 1 is 0.919 bits per heavy atom. The molecule has 0 unspecified atom stereocenters. The van der Waals surface area contributed by atoms with E-state index in [0.29, 0.717) is 17.4 Å². The Morgan fingerprint density at radius 3 is 2.68 bits per heavy atom. The number of fused-ring (bicyclic) bond motifs is 1. The average molecular weight is 495 g/mol. The molecule has 2 aliphatic rings. The number of piperazine rings is 1. The van der Waals surface area contributed by atoms with Crippen LogP contribution in [0, 0.1) is 0 Å². The molecule has 0 saturated carbocycles. The highest BCUT2D eigenvalue weighted by Crippen LogP contribution is 2.35. The number of benzene rings is 1. The quantitative estimate of drug-likeness (QED) is 0.350. The minimum atomic E-state index is 0.228. The zero-order valence-electron chi connectivity index (χ0n) is 20.1. The highest BCUT2D eigenvalue weighted by Gasteiger charge is 2.16. The number of hydrogen-bond donors (Lipinski definition) is 3. The molecule has 4 aromatic rings. The summed E-state index contributed by atoms with van der Waals surface area (Å²) in [7, 11) is 0. The molecular formula is C27H26N8O2. The molecule has 0 bridgehead atoms. The molecular weight excluding hydrogens is 468 g/mol. The van der Waals surface area contributed by atoms with Crippen LogP contribution >= 0.6 is 0 Å². The topological polar surface area (TPSA) is 109 Å². The second kappa shape index (κ2) is 10.1. The van der Waals surface area contributed by atoms with Crippen LogP contribution in [0.3, 0.4) is 0 Å². The minimum Gasteiger partial charge on any atom is -0.454 e. The van der Waals surface area contributed by atoms with Crippen LogP contribution in [0.1, 0.15) is 5.56 Å². The molecule has 37 heavy (non-hydrogen) atoms.